The smallest absolute Gasteiger partial charge is 0.338 e. The summed E-state index contributed by atoms with van der Waals surface area (Å²) in [6, 6.07) is 17.8. The lowest BCUT2D eigenvalue weighted by molar-refractivity contribution is -0.665. The fourth-order valence-corrected chi connectivity index (χ4v) is 3.46. The summed E-state index contributed by atoms with van der Waals surface area (Å²) in [7, 11) is 0. The number of benzene rings is 2. The monoisotopic (exact) mass is 324 g/mol. The molecule has 1 fully saturated rings. The Bertz CT molecular complexity index is 688. The van der Waals surface area contributed by atoms with Gasteiger partial charge in [-0.25, -0.2) is 4.79 Å². The zero-order valence-corrected chi connectivity index (χ0v) is 14.5. The summed E-state index contributed by atoms with van der Waals surface area (Å²) >= 11 is 0. The molecular formula is C21H26NO2+. The summed E-state index contributed by atoms with van der Waals surface area (Å²) in [4.78, 5) is 12.7. The van der Waals surface area contributed by atoms with Gasteiger partial charge < -0.3 is 10.1 Å². The number of piperidine rings is 1. The van der Waals surface area contributed by atoms with E-state index in [4.69, 9.17) is 4.74 Å². The van der Waals surface area contributed by atoms with Gasteiger partial charge in [0.2, 0.25) is 0 Å². The van der Waals surface area contributed by atoms with Crippen LogP contribution >= 0.6 is 0 Å². The zero-order valence-electron chi connectivity index (χ0n) is 14.5. The molecule has 0 aromatic heterocycles. The number of hydrogen-bond acceptors (Lipinski definition) is 2. The third-order valence-corrected chi connectivity index (χ3v) is 4.98. The van der Waals surface area contributed by atoms with E-state index in [1.807, 2.05) is 68.4 Å². The van der Waals surface area contributed by atoms with Crippen molar-refractivity contribution >= 4 is 5.97 Å². The summed E-state index contributed by atoms with van der Waals surface area (Å²) in [6.07, 6.45) is 2.20. The number of esters is 1. The average molecular weight is 324 g/mol. The van der Waals surface area contributed by atoms with Gasteiger partial charge in [0.1, 0.15) is 5.60 Å². The Balaban J connectivity index is 1.75. The first-order valence-electron chi connectivity index (χ1n) is 8.77. The van der Waals surface area contributed by atoms with Gasteiger partial charge in [0.25, 0.3) is 0 Å². The van der Waals surface area contributed by atoms with Gasteiger partial charge in [0.15, 0.2) is 0 Å². The van der Waals surface area contributed by atoms with Gasteiger partial charge in [0.05, 0.1) is 18.7 Å². The molecule has 0 aliphatic carbocycles. The predicted octanol–water partition coefficient (Wildman–Crippen LogP) is 3.26. The van der Waals surface area contributed by atoms with Crippen LogP contribution in [0.15, 0.2) is 54.6 Å². The minimum atomic E-state index is -0.423. The zero-order chi connectivity index (χ0) is 17.0. The molecule has 1 aliphatic rings. The highest BCUT2D eigenvalue weighted by Crippen LogP contribution is 2.29. The van der Waals surface area contributed by atoms with Crippen LogP contribution in [0.4, 0.5) is 0 Å². The molecule has 0 amide bonds. The fourth-order valence-electron chi connectivity index (χ4n) is 3.46. The maximum Gasteiger partial charge on any atom is 0.338 e. The van der Waals surface area contributed by atoms with Crippen LogP contribution in [-0.2, 0) is 4.74 Å². The van der Waals surface area contributed by atoms with Crippen LogP contribution in [0.25, 0.3) is 11.1 Å². The van der Waals surface area contributed by atoms with E-state index in [0.29, 0.717) is 11.5 Å². The molecule has 3 heteroatoms. The minimum absolute atomic E-state index is 0.229. The van der Waals surface area contributed by atoms with Crippen LogP contribution in [0.5, 0.6) is 0 Å². The molecule has 1 heterocycles. The first-order chi connectivity index (χ1) is 11.6. The maximum atomic E-state index is 12.7. The summed E-state index contributed by atoms with van der Waals surface area (Å²) in [6.45, 7) is 6.33. The van der Waals surface area contributed by atoms with E-state index in [2.05, 4.69) is 5.32 Å². The molecule has 24 heavy (non-hydrogen) atoms. The first-order valence-corrected chi connectivity index (χ1v) is 8.77. The second kappa shape index (κ2) is 7.18. The topological polar surface area (TPSA) is 42.9 Å². The number of quaternary nitrogens is 1. The van der Waals surface area contributed by atoms with Crippen molar-refractivity contribution in [1.29, 1.82) is 0 Å². The van der Waals surface area contributed by atoms with E-state index in [1.165, 1.54) is 0 Å². The van der Waals surface area contributed by atoms with Gasteiger partial charge in [-0.15, -0.1) is 0 Å². The van der Waals surface area contributed by atoms with Crippen molar-refractivity contribution in [3.63, 3.8) is 0 Å². The lowest BCUT2D eigenvalue weighted by Gasteiger charge is -2.35. The Morgan fingerprint density at radius 1 is 1.00 bits per heavy atom. The molecule has 0 spiro atoms. The van der Waals surface area contributed by atoms with E-state index in [0.717, 1.165) is 37.1 Å². The number of rotatable bonds is 4. The maximum absolute atomic E-state index is 12.7. The largest absolute Gasteiger partial charge is 0.456 e. The standard InChI is InChI=1S/C21H25NO2/c1-21(2,19-11-13-22-14-12-19)24-20(23)18-10-6-9-17(15-18)16-7-4-3-5-8-16/h3-10,15,19,22H,11-14H2,1-2H3/p+1. The Hall–Kier alpha value is -2.13. The van der Waals surface area contributed by atoms with Gasteiger partial charge in [0, 0.05) is 18.8 Å². The van der Waals surface area contributed by atoms with Crippen molar-refractivity contribution in [3.8, 4) is 11.1 Å². The van der Waals surface area contributed by atoms with Gasteiger partial charge in [-0.1, -0.05) is 42.5 Å². The first kappa shape index (κ1) is 16.7. The highest BCUT2D eigenvalue weighted by molar-refractivity contribution is 5.91. The third-order valence-electron chi connectivity index (χ3n) is 4.98. The average Bonchev–Trinajstić information content (AvgIpc) is 2.63. The van der Waals surface area contributed by atoms with Crippen LogP contribution in [0.3, 0.4) is 0 Å². The van der Waals surface area contributed by atoms with Crippen LogP contribution in [0.2, 0.25) is 0 Å². The molecule has 1 aliphatic heterocycles. The lowest BCUT2D eigenvalue weighted by atomic mass is 9.83. The Morgan fingerprint density at radius 3 is 2.38 bits per heavy atom. The van der Waals surface area contributed by atoms with Crippen LogP contribution in [0, 0.1) is 5.92 Å². The van der Waals surface area contributed by atoms with E-state index in [1.54, 1.807) is 0 Å². The molecule has 1 saturated heterocycles. The van der Waals surface area contributed by atoms with Gasteiger partial charge in [-0.05, 0) is 37.1 Å². The molecule has 2 aromatic rings. The van der Waals surface area contributed by atoms with Crippen molar-refractivity contribution in [2.75, 3.05) is 13.1 Å². The van der Waals surface area contributed by atoms with E-state index in [-0.39, 0.29) is 5.97 Å². The third kappa shape index (κ3) is 3.85. The van der Waals surface area contributed by atoms with Crippen LogP contribution in [0.1, 0.15) is 37.0 Å². The fraction of sp³-hybridized carbons (Fsp3) is 0.381. The van der Waals surface area contributed by atoms with E-state index >= 15 is 0 Å². The normalized spacial score (nSPS) is 15.9. The second-order valence-corrected chi connectivity index (χ2v) is 7.08. The molecule has 2 aromatic carbocycles. The summed E-state index contributed by atoms with van der Waals surface area (Å²) in [5.41, 5.74) is 2.34. The number of carbonyl (C=O) groups is 1. The summed E-state index contributed by atoms with van der Waals surface area (Å²) in [5.74, 6) is 0.205. The Kier molecular flexibility index (Phi) is 5.00. The lowest BCUT2D eigenvalue weighted by Crippen LogP contribution is -2.86. The van der Waals surface area contributed by atoms with Crippen molar-refractivity contribution in [2.45, 2.75) is 32.3 Å². The van der Waals surface area contributed by atoms with Gasteiger partial charge in [-0.2, -0.15) is 0 Å². The SMILES string of the molecule is CC(C)(OC(=O)c1cccc(-c2ccccc2)c1)C1CC[NH2+]CC1. The molecule has 0 saturated carbocycles. The molecule has 2 N–H and O–H groups in total. The predicted molar refractivity (Wildman–Crippen MR) is 95.8 cm³/mol. The molecule has 126 valence electrons. The van der Waals surface area contributed by atoms with E-state index in [9.17, 15) is 4.79 Å². The molecule has 0 unspecified atom stereocenters. The summed E-state index contributed by atoms with van der Waals surface area (Å²) < 4.78 is 5.90. The minimum Gasteiger partial charge on any atom is -0.456 e. The van der Waals surface area contributed by atoms with Crippen molar-refractivity contribution in [2.24, 2.45) is 5.92 Å². The second-order valence-electron chi connectivity index (χ2n) is 7.08. The molecular weight excluding hydrogens is 298 g/mol. The van der Waals surface area contributed by atoms with Crippen molar-refractivity contribution in [3.05, 3.63) is 60.2 Å². The number of carbonyl (C=O) groups excluding carboxylic acids is 1. The molecule has 3 nitrogen and oxygen atoms in total. The highest BCUT2D eigenvalue weighted by Gasteiger charge is 2.35. The molecule has 3 rings (SSSR count). The van der Waals surface area contributed by atoms with Gasteiger partial charge >= 0.3 is 5.97 Å². The number of ether oxygens (including phenoxy) is 1. The molecule has 0 atom stereocenters. The molecule has 0 bridgehead atoms. The summed E-state index contributed by atoms with van der Waals surface area (Å²) in [5, 5.41) is 2.33. The van der Waals surface area contributed by atoms with Crippen LogP contribution in [-0.4, -0.2) is 24.7 Å². The molecule has 0 radical (unpaired) electrons. The highest BCUT2D eigenvalue weighted by atomic mass is 16.6. The van der Waals surface area contributed by atoms with Gasteiger partial charge in [-0.3, -0.25) is 0 Å². The number of hydrogen-bond donors (Lipinski definition) is 1. The number of nitrogens with two attached hydrogens (primary N) is 1. The Morgan fingerprint density at radius 2 is 1.67 bits per heavy atom. The Labute approximate surface area is 144 Å². The van der Waals surface area contributed by atoms with Crippen molar-refractivity contribution in [1.82, 2.24) is 0 Å². The van der Waals surface area contributed by atoms with Crippen LogP contribution < -0.4 is 5.32 Å². The quantitative estimate of drug-likeness (QED) is 0.877. The van der Waals surface area contributed by atoms with E-state index < -0.39 is 5.60 Å². The van der Waals surface area contributed by atoms with Crippen molar-refractivity contribution < 1.29 is 14.8 Å².